The molecule has 0 aliphatic carbocycles. The minimum atomic E-state index is -3.88. The first-order valence-corrected chi connectivity index (χ1v) is 12.0. The Bertz CT molecular complexity index is 1510. The molecule has 0 bridgehead atoms. The molecule has 178 valence electrons. The van der Waals surface area contributed by atoms with Crippen molar-refractivity contribution in [1.82, 2.24) is 9.78 Å². The summed E-state index contributed by atoms with van der Waals surface area (Å²) >= 11 is 6.01. The van der Waals surface area contributed by atoms with Crippen LogP contribution >= 0.6 is 11.6 Å². The van der Waals surface area contributed by atoms with Gasteiger partial charge in [-0.1, -0.05) is 23.7 Å². The number of esters is 1. The van der Waals surface area contributed by atoms with E-state index in [4.69, 9.17) is 26.2 Å². The zero-order valence-corrected chi connectivity index (χ0v) is 19.8. The Hall–Kier alpha value is -3.99. The molecule has 0 saturated carbocycles. The van der Waals surface area contributed by atoms with Crippen LogP contribution < -0.4 is 14.6 Å². The van der Waals surface area contributed by atoms with E-state index in [1.807, 2.05) is 0 Å². The third-order valence-electron chi connectivity index (χ3n) is 4.99. The fourth-order valence-electron chi connectivity index (χ4n) is 3.27. The van der Waals surface area contributed by atoms with Crippen molar-refractivity contribution in [3.05, 3.63) is 89.1 Å². The molecule has 2 N–H and O–H groups in total. The molecule has 0 saturated heterocycles. The molecule has 0 fully saturated rings. The number of aldehydes is 1. The molecule has 11 heteroatoms. The second-order valence-corrected chi connectivity index (χ2v) is 9.29. The summed E-state index contributed by atoms with van der Waals surface area (Å²) in [7, 11) is -2.49. The fourth-order valence-corrected chi connectivity index (χ4v) is 3.92. The van der Waals surface area contributed by atoms with Crippen LogP contribution in [0.1, 0.15) is 20.8 Å². The lowest BCUT2D eigenvalue weighted by Crippen LogP contribution is -2.12. The molecule has 0 aliphatic heterocycles. The highest BCUT2D eigenvalue weighted by atomic mass is 35.5. The summed E-state index contributed by atoms with van der Waals surface area (Å²) < 4.78 is 35.4. The van der Waals surface area contributed by atoms with Gasteiger partial charge in [0.25, 0.3) is 0 Å². The van der Waals surface area contributed by atoms with Gasteiger partial charge in [-0.05, 0) is 60.7 Å². The molecule has 35 heavy (non-hydrogen) atoms. The maximum Gasteiger partial charge on any atom is 0.364 e. The highest BCUT2D eigenvalue weighted by Gasteiger charge is 2.20. The number of benzene rings is 3. The van der Waals surface area contributed by atoms with E-state index in [0.717, 1.165) is 0 Å². The van der Waals surface area contributed by atoms with Gasteiger partial charge in [0.05, 0.1) is 23.4 Å². The summed E-state index contributed by atoms with van der Waals surface area (Å²) in [5, 5.41) is 10.1. The molecule has 0 aliphatic rings. The molecular weight excluding hydrogens is 494 g/mol. The summed E-state index contributed by atoms with van der Waals surface area (Å²) in [6, 6.07) is 18.5. The maximum absolute atomic E-state index is 13.0. The van der Waals surface area contributed by atoms with Crippen molar-refractivity contribution < 1.29 is 27.5 Å². The molecule has 3 aromatic carbocycles. The first kappa shape index (κ1) is 24.1. The van der Waals surface area contributed by atoms with Crippen molar-refractivity contribution in [3.8, 4) is 28.4 Å². The van der Waals surface area contributed by atoms with E-state index in [-0.39, 0.29) is 22.1 Å². The molecule has 0 unspecified atom stereocenters. The van der Waals surface area contributed by atoms with E-state index in [9.17, 15) is 18.0 Å². The van der Waals surface area contributed by atoms with E-state index in [2.05, 4.69) is 5.10 Å². The number of rotatable bonds is 7. The van der Waals surface area contributed by atoms with Gasteiger partial charge in [-0.25, -0.2) is 23.0 Å². The van der Waals surface area contributed by atoms with Crippen LogP contribution in [0.4, 0.5) is 0 Å². The average Bonchev–Trinajstić information content (AvgIpc) is 3.30. The second-order valence-electron chi connectivity index (χ2n) is 7.29. The molecule has 0 atom stereocenters. The van der Waals surface area contributed by atoms with Gasteiger partial charge in [0.15, 0.2) is 17.2 Å². The molecule has 0 amide bonds. The lowest BCUT2D eigenvalue weighted by atomic mass is 10.1. The van der Waals surface area contributed by atoms with Crippen LogP contribution in [0.5, 0.6) is 11.5 Å². The molecule has 4 aromatic rings. The molecule has 4 rings (SSSR count). The van der Waals surface area contributed by atoms with Gasteiger partial charge >= 0.3 is 5.97 Å². The van der Waals surface area contributed by atoms with Gasteiger partial charge < -0.3 is 9.47 Å². The number of ether oxygens (including phenoxy) is 2. The van der Waals surface area contributed by atoms with Crippen LogP contribution in [0.15, 0.2) is 77.7 Å². The van der Waals surface area contributed by atoms with Gasteiger partial charge in [0, 0.05) is 16.1 Å². The minimum absolute atomic E-state index is 0.0213. The van der Waals surface area contributed by atoms with Crippen molar-refractivity contribution in [1.29, 1.82) is 0 Å². The summed E-state index contributed by atoms with van der Waals surface area (Å²) in [5.74, 6) is -0.445. The number of nitrogens with zero attached hydrogens (tertiary/aromatic N) is 2. The number of carbonyl (C=O) groups is 2. The lowest BCUT2D eigenvalue weighted by Gasteiger charge is -2.09. The van der Waals surface area contributed by atoms with Crippen molar-refractivity contribution in [2.45, 2.75) is 4.90 Å². The van der Waals surface area contributed by atoms with Crippen LogP contribution in [0, 0.1) is 0 Å². The van der Waals surface area contributed by atoms with E-state index in [1.54, 1.807) is 24.3 Å². The quantitative estimate of drug-likeness (QED) is 0.226. The number of methoxy groups -OCH3 is 1. The Kier molecular flexibility index (Phi) is 6.70. The highest BCUT2D eigenvalue weighted by molar-refractivity contribution is 7.89. The van der Waals surface area contributed by atoms with Gasteiger partial charge in [-0.3, -0.25) is 4.79 Å². The smallest absolute Gasteiger partial charge is 0.364 e. The number of carbonyl (C=O) groups excluding carboxylic acids is 2. The predicted octanol–water partition coefficient (Wildman–Crippen LogP) is 3.88. The number of primary sulfonamides is 1. The first-order valence-electron chi connectivity index (χ1n) is 10.0. The van der Waals surface area contributed by atoms with Gasteiger partial charge in [-0.2, -0.15) is 5.10 Å². The SMILES string of the molecule is COc1cc(C=O)ccc1OC(=O)c1cc(-c2ccc(Cl)cc2)n(-c2ccc(S(N)(=O)=O)cc2)n1. The average molecular weight is 512 g/mol. The van der Waals surface area contributed by atoms with Crippen LogP contribution in [0.2, 0.25) is 5.02 Å². The Morgan fingerprint density at radius 1 is 1.00 bits per heavy atom. The Morgan fingerprint density at radius 2 is 1.69 bits per heavy atom. The van der Waals surface area contributed by atoms with E-state index in [0.29, 0.717) is 33.8 Å². The topological polar surface area (TPSA) is 131 Å². The van der Waals surface area contributed by atoms with Gasteiger partial charge in [-0.15, -0.1) is 0 Å². The molecule has 0 radical (unpaired) electrons. The predicted molar refractivity (Wildman–Crippen MR) is 129 cm³/mol. The Balaban J connectivity index is 1.75. The summed E-state index contributed by atoms with van der Waals surface area (Å²) in [5.41, 5.74) is 2.05. The monoisotopic (exact) mass is 511 g/mol. The van der Waals surface area contributed by atoms with Crippen molar-refractivity contribution in [2.24, 2.45) is 5.14 Å². The molecule has 0 spiro atoms. The zero-order valence-electron chi connectivity index (χ0n) is 18.2. The molecule has 1 aromatic heterocycles. The van der Waals surface area contributed by atoms with Crippen LogP contribution in [0.3, 0.4) is 0 Å². The first-order chi connectivity index (χ1) is 16.7. The highest BCUT2D eigenvalue weighted by Crippen LogP contribution is 2.30. The Morgan fingerprint density at radius 3 is 2.29 bits per heavy atom. The molecule has 9 nitrogen and oxygen atoms in total. The third kappa shape index (κ3) is 5.24. The van der Waals surface area contributed by atoms with Crippen molar-refractivity contribution in [2.75, 3.05) is 7.11 Å². The maximum atomic E-state index is 13.0. The van der Waals surface area contributed by atoms with Gasteiger partial charge in [0.2, 0.25) is 10.0 Å². The summed E-state index contributed by atoms with van der Waals surface area (Å²) in [6.07, 6.45) is 0.648. The number of halogens is 1. The van der Waals surface area contributed by atoms with E-state index in [1.165, 1.54) is 60.3 Å². The number of aromatic nitrogens is 2. The van der Waals surface area contributed by atoms with Crippen molar-refractivity contribution >= 4 is 33.9 Å². The standard InChI is InChI=1S/C24H18ClN3O6S/c1-33-23-12-15(14-29)2-11-22(23)34-24(30)20-13-21(16-3-5-17(25)6-4-16)28(27-20)18-7-9-19(10-8-18)35(26,31)32/h2-14H,1H3,(H2,26,31,32). The number of sulfonamides is 1. The minimum Gasteiger partial charge on any atom is -0.493 e. The zero-order chi connectivity index (χ0) is 25.2. The molecule has 1 heterocycles. The Labute approximate surface area is 205 Å². The van der Waals surface area contributed by atoms with Crippen LogP contribution in [-0.4, -0.2) is 37.6 Å². The second kappa shape index (κ2) is 9.71. The van der Waals surface area contributed by atoms with E-state index < -0.39 is 16.0 Å². The third-order valence-corrected chi connectivity index (χ3v) is 6.18. The lowest BCUT2D eigenvalue weighted by molar-refractivity contribution is 0.0723. The summed E-state index contributed by atoms with van der Waals surface area (Å²) in [4.78, 5) is 23.9. The number of nitrogens with two attached hydrogens (primary N) is 1. The number of hydrogen-bond acceptors (Lipinski definition) is 7. The van der Waals surface area contributed by atoms with Crippen LogP contribution in [0.25, 0.3) is 16.9 Å². The fraction of sp³-hybridized carbons (Fsp3) is 0.0417. The summed E-state index contributed by atoms with van der Waals surface area (Å²) in [6.45, 7) is 0. The van der Waals surface area contributed by atoms with Crippen molar-refractivity contribution in [3.63, 3.8) is 0 Å². The van der Waals surface area contributed by atoms with E-state index >= 15 is 0 Å². The number of hydrogen-bond donors (Lipinski definition) is 1. The molecular formula is C24H18ClN3O6S. The van der Waals surface area contributed by atoms with Crippen LogP contribution in [-0.2, 0) is 10.0 Å². The largest absolute Gasteiger partial charge is 0.493 e. The normalized spacial score (nSPS) is 11.2. The van der Waals surface area contributed by atoms with Gasteiger partial charge in [0.1, 0.15) is 6.29 Å².